The second-order valence-corrected chi connectivity index (χ2v) is 9.96. The molecule has 6 heteroatoms. The van der Waals surface area contributed by atoms with Crippen molar-refractivity contribution < 1.29 is 18.0 Å². The number of alkyl halides is 3. The number of hydrogen-bond acceptors (Lipinski definition) is 1. The van der Waals surface area contributed by atoms with E-state index in [9.17, 15) is 18.0 Å². The summed E-state index contributed by atoms with van der Waals surface area (Å²) in [5.41, 5.74) is -0.870. The van der Waals surface area contributed by atoms with Gasteiger partial charge in [0.2, 0.25) is 5.91 Å². The molecular formula is C20H23ClF3NO. The van der Waals surface area contributed by atoms with Crippen molar-refractivity contribution in [3.63, 3.8) is 0 Å². The molecule has 1 N–H and O–H groups in total. The second-order valence-electron chi connectivity index (χ2n) is 9.56. The van der Waals surface area contributed by atoms with Crippen molar-refractivity contribution in [1.82, 2.24) is 0 Å². The number of rotatable bonds is 2. The van der Waals surface area contributed by atoms with Gasteiger partial charge in [-0.25, -0.2) is 0 Å². The van der Waals surface area contributed by atoms with Crippen LogP contribution in [0.25, 0.3) is 0 Å². The van der Waals surface area contributed by atoms with E-state index in [2.05, 4.69) is 19.2 Å². The van der Waals surface area contributed by atoms with E-state index in [0.717, 1.165) is 44.6 Å². The maximum Gasteiger partial charge on any atom is 0.417 e. The topological polar surface area (TPSA) is 29.1 Å². The molecule has 4 aliphatic rings. The fourth-order valence-corrected chi connectivity index (χ4v) is 7.01. The lowest BCUT2D eigenvalue weighted by molar-refractivity contribution is -0.165. The van der Waals surface area contributed by atoms with E-state index in [1.165, 1.54) is 12.1 Å². The molecule has 1 aromatic rings. The standard InChI is InChI=1S/C20H23ClF3NO/c1-17-6-12-7-18(2,9-17)11-19(8-12,10-17)16(26)25-13-3-4-15(21)14(5-13)20(22,23)24/h3-5,12H,6-11H2,1-2H3,(H,25,26)/t12?,17-,18-,19?/m0/s1. The third-order valence-electron chi connectivity index (χ3n) is 6.64. The number of carbonyl (C=O) groups excluding carboxylic acids is 1. The van der Waals surface area contributed by atoms with E-state index in [1.54, 1.807) is 0 Å². The summed E-state index contributed by atoms with van der Waals surface area (Å²) in [5, 5.41) is 2.42. The second kappa shape index (κ2) is 5.40. The van der Waals surface area contributed by atoms with Crippen LogP contribution in [-0.4, -0.2) is 5.91 Å². The largest absolute Gasteiger partial charge is 0.417 e. The van der Waals surface area contributed by atoms with Gasteiger partial charge in [0.25, 0.3) is 0 Å². The molecule has 0 unspecified atom stereocenters. The van der Waals surface area contributed by atoms with E-state index in [-0.39, 0.29) is 27.4 Å². The first-order valence-electron chi connectivity index (χ1n) is 9.10. The van der Waals surface area contributed by atoms with Crippen LogP contribution in [0.5, 0.6) is 0 Å². The van der Waals surface area contributed by atoms with E-state index in [4.69, 9.17) is 11.6 Å². The van der Waals surface area contributed by atoms with Crippen LogP contribution >= 0.6 is 11.6 Å². The van der Waals surface area contributed by atoms with Crippen LogP contribution in [0.4, 0.5) is 18.9 Å². The van der Waals surface area contributed by atoms with Crippen LogP contribution in [0.15, 0.2) is 18.2 Å². The molecule has 4 aliphatic carbocycles. The number of nitrogens with one attached hydrogen (secondary N) is 1. The summed E-state index contributed by atoms with van der Waals surface area (Å²) < 4.78 is 39.3. The summed E-state index contributed by atoms with van der Waals surface area (Å²) >= 11 is 5.68. The minimum atomic E-state index is -4.54. The molecule has 4 saturated carbocycles. The first-order valence-corrected chi connectivity index (χ1v) is 9.48. The minimum Gasteiger partial charge on any atom is -0.326 e. The average molecular weight is 386 g/mol. The molecule has 2 atom stereocenters. The minimum absolute atomic E-state index is 0.130. The molecule has 26 heavy (non-hydrogen) atoms. The Labute approximate surface area is 156 Å². The smallest absolute Gasteiger partial charge is 0.326 e. The van der Waals surface area contributed by atoms with Gasteiger partial charge in [-0.05, 0) is 73.5 Å². The van der Waals surface area contributed by atoms with Crippen molar-refractivity contribution in [2.75, 3.05) is 5.32 Å². The third-order valence-corrected chi connectivity index (χ3v) is 6.97. The summed E-state index contributed by atoms with van der Waals surface area (Å²) in [6, 6.07) is 3.58. The van der Waals surface area contributed by atoms with Crippen LogP contribution in [0.3, 0.4) is 0 Å². The maximum atomic E-state index is 13.2. The summed E-state index contributed by atoms with van der Waals surface area (Å²) in [7, 11) is 0. The Morgan fingerprint density at radius 1 is 1.12 bits per heavy atom. The number of carbonyl (C=O) groups is 1. The first-order chi connectivity index (χ1) is 11.9. The van der Waals surface area contributed by atoms with Crippen molar-refractivity contribution in [3.05, 3.63) is 28.8 Å². The van der Waals surface area contributed by atoms with Crippen molar-refractivity contribution in [2.45, 2.75) is 58.5 Å². The molecule has 0 radical (unpaired) electrons. The normalized spacial score (nSPS) is 38.5. The molecule has 0 aromatic heterocycles. The highest BCUT2D eigenvalue weighted by molar-refractivity contribution is 6.31. The molecular weight excluding hydrogens is 363 g/mol. The summed E-state index contributed by atoms with van der Waals surface area (Å²) in [4.78, 5) is 13.2. The Morgan fingerprint density at radius 3 is 2.27 bits per heavy atom. The average Bonchev–Trinajstić information content (AvgIpc) is 2.44. The zero-order valence-electron chi connectivity index (χ0n) is 15.0. The van der Waals surface area contributed by atoms with Gasteiger partial charge in [-0.1, -0.05) is 25.4 Å². The first kappa shape index (κ1) is 18.1. The number of halogens is 4. The van der Waals surface area contributed by atoms with Crippen molar-refractivity contribution in [2.24, 2.45) is 22.2 Å². The Balaban J connectivity index is 1.61. The Kier molecular flexibility index (Phi) is 3.77. The van der Waals surface area contributed by atoms with Gasteiger partial charge < -0.3 is 5.32 Å². The van der Waals surface area contributed by atoms with E-state index >= 15 is 0 Å². The van der Waals surface area contributed by atoms with Crippen LogP contribution in [0.2, 0.25) is 5.02 Å². The van der Waals surface area contributed by atoms with Gasteiger partial charge in [0, 0.05) is 5.69 Å². The maximum absolute atomic E-state index is 13.2. The summed E-state index contributed by atoms with van der Waals surface area (Å²) in [6.45, 7) is 4.53. The number of anilines is 1. The zero-order valence-corrected chi connectivity index (χ0v) is 15.7. The predicted octanol–water partition coefficient (Wildman–Crippen LogP) is 6.29. The highest BCUT2D eigenvalue weighted by Gasteiger charge is 2.62. The van der Waals surface area contributed by atoms with E-state index < -0.39 is 17.2 Å². The molecule has 2 nitrogen and oxygen atoms in total. The molecule has 1 aromatic carbocycles. The summed E-state index contributed by atoms with van der Waals surface area (Å²) in [6.07, 6.45) is 1.44. The highest BCUT2D eigenvalue weighted by atomic mass is 35.5. The summed E-state index contributed by atoms with van der Waals surface area (Å²) in [5.74, 6) is 0.414. The number of amides is 1. The van der Waals surface area contributed by atoms with Crippen LogP contribution in [0.1, 0.15) is 57.9 Å². The molecule has 142 valence electrons. The van der Waals surface area contributed by atoms with Gasteiger partial charge in [-0.15, -0.1) is 0 Å². The van der Waals surface area contributed by atoms with Gasteiger partial charge in [-0.2, -0.15) is 13.2 Å². The predicted molar refractivity (Wildman–Crippen MR) is 94.9 cm³/mol. The van der Waals surface area contributed by atoms with Gasteiger partial charge >= 0.3 is 6.18 Å². The SMILES string of the molecule is C[C@@]12CC3CC(C(=O)Nc4ccc(Cl)c(C(F)(F)F)c4)(C1)C[C@@](C)(C3)C2. The fourth-order valence-electron chi connectivity index (χ4n) is 6.78. The lowest BCUT2D eigenvalue weighted by atomic mass is 9.40. The van der Waals surface area contributed by atoms with Gasteiger partial charge in [0.05, 0.1) is 16.0 Å². The van der Waals surface area contributed by atoms with Crippen LogP contribution < -0.4 is 5.32 Å². The van der Waals surface area contributed by atoms with Crippen molar-refractivity contribution >= 4 is 23.2 Å². The lowest BCUT2D eigenvalue weighted by Gasteiger charge is -2.64. The molecule has 1 amide bonds. The Bertz CT molecular complexity index is 757. The lowest BCUT2D eigenvalue weighted by Crippen LogP contribution is -2.58. The fraction of sp³-hybridized carbons (Fsp3) is 0.650. The molecule has 4 bridgehead atoms. The van der Waals surface area contributed by atoms with E-state index in [0.29, 0.717) is 5.92 Å². The number of hydrogen-bond donors (Lipinski definition) is 1. The monoisotopic (exact) mass is 385 g/mol. The van der Waals surface area contributed by atoms with Crippen LogP contribution in [0, 0.1) is 22.2 Å². The van der Waals surface area contributed by atoms with Crippen molar-refractivity contribution in [1.29, 1.82) is 0 Å². The molecule has 0 spiro atoms. The van der Waals surface area contributed by atoms with E-state index in [1.807, 2.05) is 0 Å². The van der Waals surface area contributed by atoms with Gasteiger partial charge in [0.1, 0.15) is 0 Å². The highest BCUT2D eigenvalue weighted by Crippen LogP contribution is 2.69. The zero-order chi connectivity index (χ0) is 19.0. The molecule has 5 rings (SSSR count). The molecule has 0 saturated heterocycles. The van der Waals surface area contributed by atoms with Gasteiger partial charge in [0.15, 0.2) is 0 Å². The third kappa shape index (κ3) is 2.92. The Morgan fingerprint density at radius 2 is 1.73 bits per heavy atom. The quantitative estimate of drug-likeness (QED) is 0.636. The number of benzene rings is 1. The van der Waals surface area contributed by atoms with Crippen molar-refractivity contribution in [3.8, 4) is 0 Å². The Hall–Kier alpha value is -1.23. The molecule has 4 fully saturated rings. The molecule has 0 aliphatic heterocycles. The van der Waals surface area contributed by atoms with Gasteiger partial charge in [-0.3, -0.25) is 4.79 Å². The molecule has 0 heterocycles. The van der Waals surface area contributed by atoms with Crippen LogP contribution in [-0.2, 0) is 11.0 Å².